The Bertz CT molecular complexity index is 988. The summed E-state index contributed by atoms with van der Waals surface area (Å²) in [6.45, 7) is 5.06. The number of hydrogen-bond donors (Lipinski definition) is 2. The number of benzene rings is 2. The first-order valence-electron chi connectivity index (χ1n) is 11.8. The number of carbonyl (C=O) groups excluding carboxylic acids is 4. The van der Waals surface area contributed by atoms with Gasteiger partial charge in [-0.3, -0.25) is 9.59 Å². The maximum Gasteiger partial charge on any atom is 0.408 e. The molecular formula is C27H34N2O7. The highest BCUT2D eigenvalue weighted by atomic mass is 16.6. The second-order valence-electron chi connectivity index (χ2n) is 9.11. The van der Waals surface area contributed by atoms with Crippen LogP contribution in [0.3, 0.4) is 0 Å². The second-order valence-corrected chi connectivity index (χ2v) is 9.11. The molecule has 36 heavy (non-hydrogen) atoms. The van der Waals surface area contributed by atoms with Gasteiger partial charge in [0.1, 0.15) is 31.4 Å². The summed E-state index contributed by atoms with van der Waals surface area (Å²) in [7, 11) is 0. The number of alkyl carbamates (subject to hydrolysis) is 1. The van der Waals surface area contributed by atoms with Crippen LogP contribution in [0.5, 0.6) is 0 Å². The fourth-order valence-electron chi connectivity index (χ4n) is 3.04. The van der Waals surface area contributed by atoms with Crippen LogP contribution in [0.25, 0.3) is 0 Å². The van der Waals surface area contributed by atoms with Gasteiger partial charge in [-0.05, 0) is 44.7 Å². The highest BCUT2D eigenvalue weighted by Crippen LogP contribution is 2.10. The van der Waals surface area contributed by atoms with Crippen molar-refractivity contribution in [2.75, 3.05) is 6.54 Å². The minimum absolute atomic E-state index is 0.0461. The zero-order chi connectivity index (χ0) is 26.4. The molecule has 2 aromatic carbocycles. The molecule has 0 unspecified atom stereocenters. The van der Waals surface area contributed by atoms with E-state index in [0.29, 0.717) is 0 Å². The lowest BCUT2D eigenvalue weighted by Gasteiger charge is -2.23. The Labute approximate surface area is 211 Å². The van der Waals surface area contributed by atoms with Crippen LogP contribution in [0.4, 0.5) is 4.79 Å². The lowest BCUT2D eigenvalue weighted by molar-refractivity contribution is -0.147. The average Bonchev–Trinajstić information content (AvgIpc) is 2.84. The highest BCUT2D eigenvalue weighted by Gasteiger charge is 2.25. The molecule has 0 aliphatic heterocycles. The van der Waals surface area contributed by atoms with Crippen LogP contribution < -0.4 is 10.6 Å². The summed E-state index contributed by atoms with van der Waals surface area (Å²) in [5, 5.41) is 5.02. The Hall–Kier alpha value is -3.88. The fraction of sp³-hybridized carbons (Fsp3) is 0.407. The summed E-state index contributed by atoms with van der Waals surface area (Å²) >= 11 is 0. The molecule has 1 atom stereocenters. The summed E-state index contributed by atoms with van der Waals surface area (Å²) < 4.78 is 15.7. The molecule has 0 bridgehead atoms. The molecule has 2 N–H and O–H groups in total. The minimum atomic E-state index is -0.993. The Morgan fingerprint density at radius 1 is 0.833 bits per heavy atom. The lowest BCUT2D eigenvalue weighted by Crippen LogP contribution is -2.44. The van der Waals surface area contributed by atoms with Gasteiger partial charge in [-0.15, -0.1) is 0 Å². The van der Waals surface area contributed by atoms with Crippen LogP contribution in [0, 0.1) is 0 Å². The summed E-state index contributed by atoms with van der Waals surface area (Å²) in [5.74, 6) is -1.56. The minimum Gasteiger partial charge on any atom is -0.460 e. The van der Waals surface area contributed by atoms with Gasteiger partial charge in [0, 0.05) is 6.42 Å². The van der Waals surface area contributed by atoms with Crippen molar-refractivity contribution in [3.8, 4) is 0 Å². The molecular weight excluding hydrogens is 464 g/mol. The van der Waals surface area contributed by atoms with Crippen LogP contribution in [0.1, 0.15) is 51.2 Å². The van der Waals surface area contributed by atoms with E-state index in [4.69, 9.17) is 14.2 Å². The predicted molar refractivity (Wildman–Crippen MR) is 132 cm³/mol. The largest absolute Gasteiger partial charge is 0.460 e. The maximum absolute atomic E-state index is 12.6. The van der Waals surface area contributed by atoms with Gasteiger partial charge in [-0.2, -0.15) is 0 Å². The third-order valence-corrected chi connectivity index (χ3v) is 4.77. The van der Waals surface area contributed by atoms with Crippen LogP contribution in [0.15, 0.2) is 60.7 Å². The standard InChI is InChI=1S/C27H34N2O7/c1-27(2,3)36-26(33)29-22(25(32)35-19-21-13-8-5-9-14-21)15-10-16-23(30)28-17-24(31)34-18-20-11-6-4-7-12-20/h4-9,11-14,22H,10,15-19H2,1-3H3,(H,28,30)(H,29,33)/t22-/m0/s1. The normalized spacial score (nSPS) is 11.6. The number of nitrogens with one attached hydrogen (secondary N) is 2. The monoisotopic (exact) mass is 498 g/mol. The molecule has 0 spiro atoms. The zero-order valence-electron chi connectivity index (χ0n) is 21.0. The van der Waals surface area contributed by atoms with E-state index in [1.165, 1.54) is 0 Å². The van der Waals surface area contributed by atoms with E-state index >= 15 is 0 Å². The molecule has 0 fully saturated rings. The number of carbonyl (C=O) groups is 4. The third-order valence-electron chi connectivity index (χ3n) is 4.77. The number of rotatable bonds is 12. The van der Waals surface area contributed by atoms with Gasteiger partial charge >= 0.3 is 18.0 Å². The molecule has 0 aliphatic carbocycles. The Balaban J connectivity index is 1.78. The summed E-state index contributed by atoms with van der Waals surface area (Å²) in [4.78, 5) is 48.9. The smallest absolute Gasteiger partial charge is 0.408 e. The fourth-order valence-corrected chi connectivity index (χ4v) is 3.04. The molecule has 0 heterocycles. The van der Waals surface area contributed by atoms with E-state index in [9.17, 15) is 19.2 Å². The van der Waals surface area contributed by atoms with Crippen LogP contribution in [0.2, 0.25) is 0 Å². The van der Waals surface area contributed by atoms with E-state index < -0.39 is 29.7 Å². The van der Waals surface area contributed by atoms with E-state index in [-0.39, 0.29) is 44.9 Å². The van der Waals surface area contributed by atoms with Crippen molar-refractivity contribution in [2.45, 2.75) is 64.9 Å². The van der Waals surface area contributed by atoms with Gasteiger partial charge < -0.3 is 24.8 Å². The molecule has 0 aliphatic rings. The van der Waals surface area contributed by atoms with Crippen molar-refractivity contribution in [1.82, 2.24) is 10.6 Å². The van der Waals surface area contributed by atoms with Gasteiger partial charge in [0.2, 0.25) is 5.91 Å². The van der Waals surface area contributed by atoms with E-state index in [2.05, 4.69) is 10.6 Å². The molecule has 9 nitrogen and oxygen atoms in total. The first kappa shape index (κ1) is 28.4. The number of amides is 2. The molecule has 194 valence electrons. The Morgan fingerprint density at radius 2 is 1.39 bits per heavy atom. The number of ether oxygens (including phenoxy) is 3. The van der Waals surface area contributed by atoms with Crippen molar-refractivity contribution in [3.63, 3.8) is 0 Å². The Morgan fingerprint density at radius 3 is 1.94 bits per heavy atom. The summed E-state index contributed by atoms with van der Waals surface area (Å²) in [6.07, 6.45) is -0.288. The molecule has 2 rings (SSSR count). The molecule has 2 amide bonds. The Kier molecular flexibility index (Phi) is 11.4. The maximum atomic E-state index is 12.6. The van der Waals surface area contributed by atoms with Gasteiger partial charge in [-0.1, -0.05) is 60.7 Å². The van der Waals surface area contributed by atoms with Crippen molar-refractivity contribution in [3.05, 3.63) is 71.8 Å². The van der Waals surface area contributed by atoms with E-state index in [1.54, 1.807) is 20.8 Å². The first-order valence-corrected chi connectivity index (χ1v) is 11.8. The first-order chi connectivity index (χ1) is 17.1. The second kappa shape index (κ2) is 14.5. The summed E-state index contributed by atoms with van der Waals surface area (Å²) in [6, 6.07) is 17.4. The van der Waals surface area contributed by atoms with Crippen molar-refractivity contribution in [2.24, 2.45) is 0 Å². The van der Waals surface area contributed by atoms with Gasteiger partial charge in [0.05, 0.1) is 0 Å². The number of hydrogen-bond acceptors (Lipinski definition) is 7. The highest BCUT2D eigenvalue weighted by molar-refractivity contribution is 5.83. The van der Waals surface area contributed by atoms with E-state index in [1.807, 2.05) is 60.7 Å². The van der Waals surface area contributed by atoms with Crippen LogP contribution >= 0.6 is 0 Å². The third kappa shape index (κ3) is 12.0. The average molecular weight is 499 g/mol. The van der Waals surface area contributed by atoms with E-state index in [0.717, 1.165) is 11.1 Å². The summed E-state index contributed by atoms with van der Waals surface area (Å²) in [5.41, 5.74) is 0.915. The molecule has 9 heteroatoms. The van der Waals surface area contributed by atoms with Crippen LogP contribution in [-0.4, -0.2) is 42.1 Å². The molecule has 0 saturated carbocycles. The molecule has 2 aromatic rings. The number of esters is 2. The topological polar surface area (TPSA) is 120 Å². The lowest BCUT2D eigenvalue weighted by atomic mass is 10.1. The SMILES string of the molecule is CC(C)(C)OC(=O)N[C@@H](CCCC(=O)NCC(=O)OCc1ccccc1)C(=O)OCc1ccccc1. The predicted octanol–water partition coefficient (Wildman–Crippen LogP) is 3.65. The van der Waals surface area contributed by atoms with Crippen molar-refractivity contribution in [1.29, 1.82) is 0 Å². The van der Waals surface area contributed by atoms with Gasteiger partial charge in [0.25, 0.3) is 0 Å². The molecule has 0 radical (unpaired) electrons. The van der Waals surface area contributed by atoms with Gasteiger partial charge in [0.15, 0.2) is 0 Å². The zero-order valence-corrected chi connectivity index (χ0v) is 21.0. The van der Waals surface area contributed by atoms with Crippen molar-refractivity contribution < 1.29 is 33.4 Å². The van der Waals surface area contributed by atoms with Crippen LogP contribution in [-0.2, 0) is 41.8 Å². The van der Waals surface area contributed by atoms with Crippen molar-refractivity contribution >= 4 is 23.9 Å². The molecule has 0 aromatic heterocycles. The molecule has 0 saturated heterocycles. The quantitative estimate of drug-likeness (QED) is 0.339. The van der Waals surface area contributed by atoms with Gasteiger partial charge in [-0.25, -0.2) is 9.59 Å².